The van der Waals surface area contributed by atoms with E-state index in [0.29, 0.717) is 28.1 Å². The van der Waals surface area contributed by atoms with E-state index in [1.807, 2.05) is 0 Å². The van der Waals surface area contributed by atoms with Crippen LogP contribution in [0.1, 0.15) is 10.4 Å². The molecule has 1 saturated heterocycles. The molecule has 1 aromatic carbocycles. The maximum Gasteiger partial charge on any atom is 0.255 e. The van der Waals surface area contributed by atoms with Crippen LogP contribution < -0.4 is 5.32 Å². The lowest BCUT2D eigenvalue weighted by Crippen LogP contribution is -2.49. The molecule has 1 fully saturated rings. The van der Waals surface area contributed by atoms with E-state index in [9.17, 15) is 9.59 Å². The second-order valence-electron chi connectivity index (χ2n) is 4.92. The minimum Gasteiger partial charge on any atom is -0.339 e. The lowest BCUT2D eigenvalue weighted by atomic mass is 10.2. The van der Waals surface area contributed by atoms with Gasteiger partial charge in [-0.2, -0.15) is 0 Å². The van der Waals surface area contributed by atoms with Crippen LogP contribution in [0.3, 0.4) is 0 Å². The van der Waals surface area contributed by atoms with Gasteiger partial charge in [0.25, 0.3) is 5.91 Å². The number of likely N-dealkylation sites (N-methyl/N-ethyl adjacent to an activating group) is 1. The normalized spacial score (nSPS) is 14.9. The van der Waals surface area contributed by atoms with Crippen molar-refractivity contribution in [3.63, 3.8) is 0 Å². The van der Waals surface area contributed by atoms with Crippen molar-refractivity contribution in [1.29, 1.82) is 0 Å². The van der Waals surface area contributed by atoms with E-state index < -0.39 is 0 Å². The Kier molecular flexibility index (Phi) is 5.61. The van der Waals surface area contributed by atoms with Gasteiger partial charge < -0.3 is 15.1 Å². The minimum absolute atomic E-state index is 0.0366. The number of carbonyl (C=O) groups excluding carboxylic acids is 2. The van der Waals surface area contributed by atoms with Crippen LogP contribution in [0.5, 0.6) is 0 Å². The third-order valence-corrected chi connectivity index (χ3v) is 4.27. The molecule has 0 aliphatic carbocycles. The molecule has 21 heavy (non-hydrogen) atoms. The van der Waals surface area contributed by atoms with Gasteiger partial charge in [0.05, 0.1) is 12.1 Å². The number of amides is 2. The van der Waals surface area contributed by atoms with E-state index in [4.69, 9.17) is 11.6 Å². The van der Waals surface area contributed by atoms with Gasteiger partial charge >= 0.3 is 0 Å². The predicted molar refractivity (Wildman–Crippen MR) is 85.6 cm³/mol. The average Bonchev–Trinajstić information content (AvgIpc) is 2.49. The molecule has 0 atom stereocenters. The number of hydrogen-bond acceptors (Lipinski definition) is 3. The topological polar surface area (TPSA) is 52.7 Å². The highest BCUT2D eigenvalue weighted by Crippen LogP contribution is 2.22. The Bertz CT molecular complexity index is 547. The molecule has 2 rings (SSSR count). The number of hydrogen-bond donors (Lipinski definition) is 1. The zero-order chi connectivity index (χ0) is 15.4. The summed E-state index contributed by atoms with van der Waals surface area (Å²) in [5.41, 5.74) is 0.457. The van der Waals surface area contributed by atoms with E-state index in [2.05, 4.69) is 21.2 Å². The quantitative estimate of drug-likeness (QED) is 0.874. The van der Waals surface area contributed by atoms with Crippen molar-refractivity contribution in [2.45, 2.75) is 0 Å². The highest BCUT2D eigenvalue weighted by atomic mass is 79.9. The lowest BCUT2D eigenvalue weighted by Gasteiger charge is -2.29. The number of nitrogens with one attached hydrogen (secondary N) is 1. The first kappa shape index (κ1) is 16.3. The van der Waals surface area contributed by atoms with Gasteiger partial charge in [-0.05, 0) is 34.1 Å². The molecule has 2 amide bonds. The predicted octanol–water partition coefficient (Wildman–Crippen LogP) is 1.61. The molecule has 0 aromatic heterocycles. The molecule has 1 N–H and O–H groups in total. The molecule has 5 nitrogen and oxygen atoms in total. The fourth-order valence-corrected chi connectivity index (χ4v) is 2.74. The second kappa shape index (κ2) is 7.24. The SMILES string of the molecule is CN(CC(=O)N1CCNCC1)C(=O)c1cc(Cl)ccc1Br. The van der Waals surface area contributed by atoms with Gasteiger partial charge in [0.15, 0.2) is 0 Å². The molecule has 0 spiro atoms. The van der Waals surface area contributed by atoms with Crippen LogP contribution in [0.4, 0.5) is 0 Å². The molecule has 1 aliphatic rings. The molecular formula is C14H17BrClN3O2. The minimum atomic E-state index is -0.229. The zero-order valence-electron chi connectivity index (χ0n) is 11.7. The molecule has 0 bridgehead atoms. The van der Waals surface area contributed by atoms with Crippen LogP contribution >= 0.6 is 27.5 Å². The summed E-state index contributed by atoms with van der Waals surface area (Å²) in [7, 11) is 1.62. The van der Waals surface area contributed by atoms with Crippen molar-refractivity contribution < 1.29 is 9.59 Å². The maximum atomic E-state index is 12.4. The van der Waals surface area contributed by atoms with Crippen LogP contribution in [-0.4, -0.2) is 61.4 Å². The van der Waals surface area contributed by atoms with E-state index in [-0.39, 0.29) is 18.4 Å². The molecule has 0 unspecified atom stereocenters. The summed E-state index contributed by atoms with van der Waals surface area (Å²) in [4.78, 5) is 27.7. The summed E-state index contributed by atoms with van der Waals surface area (Å²) >= 11 is 9.25. The van der Waals surface area contributed by atoms with Gasteiger partial charge in [-0.15, -0.1) is 0 Å². The lowest BCUT2D eigenvalue weighted by molar-refractivity contribution is -0.132. The number of rotatable bonds is 3. The molecular weight excluding hydrogens is 358 g/mol. The van der Waals surface area contributed by atoms with Crippen molar-refractivity contribution >= 4 is 39.3 Å². The number of benzene rings is 1. The molecule has 114 valence electrons. The van der Waals surface area contributed by atoms with E-state index >= 15 is 0 Å². The van der Waals surface area contributed by atoms with Crippen LogP contribution in [-0.2, 0) is 4.79 Å². The summed E-state index contributed by atoms with van der Waals surface area (Å²) in [5, 5.41) is 3.68. The molecule has 0 saturated carbocycles. The summed E-state index contributed by atoms with van der Waals surface area (Å²) in [6, 6.07) is 5.02. The Hall–Kier alpha value is -1.11. The first-order chi connectivity index (χ1) is 9.99. The molecule has 1 aromatic rings. The Morgan fingerprint density at radius 2 is 2.05 bits per heavy atom. The van der Waals surface area contributed by atoms with Gasteiger partial charge in [0, 0.05) is 42.7 Å². The number of carbonyl (C=O) groups is 2. The van der Waals surface area contributed by atoms with Crippen molar-refractivity contribution in [3.05, 3.63) is 33.3 Å². The summed E-state index contributed by atoms with van der Waals surface area (Å²) < 4.78 is 0.665. The van der Waals surface area contributed by atoms with Crippen LogP contribution in [0.2, 0.25) is 5.02 Å². The Morgan fingerprint density at radius 1 is 1.38 bits per heavy atom. The van der Waals surface area contributed by atoms with Crippen molar-refractivity contribution in [1.82, 2.24) is 15.1 Å². The molecule has 1 heterocycles. The second-order valence-corrected chi connectivity index (χ2v) is 6.21. The fourth-order valence-electron chi connectivity index (χ4n) is 2.16. The van der Waals surface area contributed by atoms with Crippen molar-refractivity contribution in [2.24, 2.45) is 0 Å². The summed E-state index contributed by atoms with van der Waals surface area (Å²) in [5.74, 6) is -0.265. The van der Waals surface area contributed by atoms with Gasteiger partial charge in [-0.25, -0.2) is 0 Å². The van der Waals surface area contributed by atoms with Gasteiger partial charge in [0.2, 0.25) is 5.91 Å². The maximum absolute atomic E-state index is 12.4. The highest BCUT2D eigenvalue weighted by molar-refractivity contribution is 9.10. The third kappa shape index (κ3) is 4.18. The first-order valence-electron chi connectivity index (χ1n) is 6.68. The smallest absolute Gasteiger partial charge is 0.255 e. The zero-order valence-corrected chi connectivity index (χ0v) is 14.1. The van der Waals surface area contributed by atoms with Crippen LogP contribution in [0.15, 0.2) is 22.7 Å². The summed E-state index contributed by atoms with van der Waals surface area (Å²) in [6.07, 6.45) is 0. The average molecular weight is 375 g/mol. The van der Waals surface area contributed by atoms with Gasteiger partial charge in [-0.1, -0.05) is 11.6 Å². The van der Waals surface area contributed by atoms with Crippen molar-refractivity contribution in [2.75, 3.05) is 39.8 Å². The van der Waals surface area contributed by atoms with Crippen LogP contribution in [0.25, 0.3) is 0 Å². The first-order valence-corrected chi connectivity index (χ1v) is 7.85. The Balaban J connectivity index is 2.02. The number of halogens is 2. The number of piperazine rings is 1. The number of nitrogens with zero attached hydrogens (tertiary/aromatic N) is 2. The monoisotopic (exact) mass is 373 g/mol. The Morgan fingerprint density at radius 3 is 2.71 bits per heavy atom. The van der Waals surface area contributed by atoms with Gasteiger partial charge in [-0.3, -0.25) is 9.59 Å². The molecule has 7 heteroatoms. The van der Waals surface area contributed by atoms with E-state index in [1.54, 1.807) is 30.1 Å². The molecule has 0 radical (unpaired) electrons. The largest absolute Gasteiger partial charge is 0.339 e. The summed E-state index contributed by atoms with van der Waals surface area (Å²) in [6.45, 7) is 3.02. The third-order valence-electron chi connectivity index (χ3n) is 3.35. The van der Waals surface area contributed by atoms with Crippen LogP contribution in [0, 0.1) is 0 Å². The standard InChI is InChI=1S/C14H17BrClN3O2/c1-18(9-13(20)19-6-4-17-5-7-19)14(21)11-8-10(16)2-3-12(11)15/h2-3,8,17H,4-7,9H2,1H3. The van der Waals surface area contributed by atoms with E-state index in [1.165, 1.54) is 4.90 Å². The Labute approximate surface area is 137 Å². The highest BCUT2D eigenvalue weighted by Gasteiger charge is 2.22. The van der Waals surface area contributed by atoms with Crippen molar-refractivity contribution in [3.8, 4) is 0 Å². The fraction of sp³-hybridized carbons (Fsp3) is 0.429. The molecule has 1 aliphatic heterocycles. The van der Waals surface area contributed by atoms with E-state index in [0.717, 1.165) is 13.1 Å². The van der Waals surface area contributed by atoms with Gasteiger partial charge in [0.1, 0.15) is 0 Å².